The van der Waals surface area contributed by atoms with E-state index in [4.69, 9.17) is 0 Å². The van der Waals surface area contributed by atoms with Gasteiger partial charge in [0.15, 0.2) is 0 Å². The van der Waals surface area contributed by atoms with Gasteiger partial charge >= 0.3 is 0 Å². The van der Waals surface area contributed by atoms with Crippen molar-refractivity contribution in [2.45, 2.75) is 32.1 Å². The van der Waals surface area contributed by atoms with Gasteiger partial charge in [0.25, 0.3) is 0 Å². The summed E-state index contributed by atoms with van der Waals surface area (Å²) in [6, 6.07) is 8.98. The first-order valence-corrected chi connectivity index (χ1v) is 6.90. The molecule has 0 radical (unpaired) electrons. The molecule has 1 fully saturated rings. The van der Waals surface area contributed by atoms with Crippen LogP contribution in [-0.4, -0.2) is 16.5 Å². The molecule has 20 heavy (non-hydrogen) atoms. The molecule has 1 saturated carbocycles. The molecular formula is C16H18FN3. The number of nitrogens with zero attached hydrogens (tertiary/aromatic N) is 2. The normalized spacial score (nSPS) is 15.9. The molecule has 0 saturated heterocycles. The monoisotopic (exact) mass is 271 g/mol. The molecule has 1 aromatic carbocycles. The molecule has 1 aliphatic carbocycles. The van der Waals surface area contributed by atoms with E-state index in [0.717, 1.165) is 29.8 Å². The first kappa shape index (κ1) is 13.0. The van der Waals surface area contributed by atoms with Crippen molar-refractivity contribution in [2.24, 2.45) is 0 Å². The highest BCUT2D eigenvalue weighted by molar-refractivity contribution is 5.37. The Morgan fingerprint density at radius 2 is 1.80 bits per heavy atom. The van der Waals surface area contributed by atoms with Gasteiger partial charge in [-0.05, 0) is 44.4 Å². The van der Waals surface area contributed by atoms with Crippen LogP contribution in [-0.2, 0) is 5.41 Å². The van der Waals surface area contributed by atoms with E-state index in [2.05, 4.69) is 15.3 Å². The molecule has 1 N–H and O–H groups in total. The molecule has 1 aromatic heterocycles. The summed E-state index contributed by atoms with van der Waals surface area (Å²) in [4.78, 5) is 8.73. The highest BCUT2D eigenvalue weighted by Gasteiger charge is 2.45. The molecule has 0 spiro atoms. The fraction of sp³-hybridized carbons (Fsp3) is 0.375. The van der Waals surface area contributed by atoms with Gasteiger partial charge in [-0.2, -0.15) is 0 Å². The second-order valence-corrected chi connectivity index (χ2v) is 5.59. The minimum absolute atomic E-state index is 0.0909. The first-order valence-electron chi connectivity index (χ1n) is 6.90. The van der Waals surface area contributed by atoms with Crippen molar-refractivity contribution in [3.05, 3.63) is 53.1 Å². The van der Waals surface area contributed by atoms with E-state index in [0.29, 0.717) is 12.5 Å². The lowest BCUT2D eigenvalue weighted by Gasteiger charge is -2.17. The maximum Gasteiger partial charge on any atom is 0.223 e. The Morgan fingerprint density at radius 3 is 2.40 bits per heavy atom. The van der Waals surface area contributed by atoms with Gasteiger partial charge in [0.05, 0.1) is 0 Å². The van der Waals surface area contributed by atoms with Crippen LogP contribution in [0.2, 0.25) is 0 Å². The van der Waals surface area contributed by atoms with Gasteiger partial charge in [0, 0.05) is 23.3 Å². The zero-order chi connectivity index (χ0) is 14.2. The van der Waals surface area contributed by atoms with Crippen LogP contribution in [0, 0.1) is 19.7 Å². The first-order chi connectivity index (χ1) is 9.59. The van der Waals surface area contributed by atoms with E-state index in [-0.39, 0.29) is 11.2 Å². The van der Waals surface area contributed by atoms with E-state index in [1.165, 1.54) is 6.07 Å². The minimum Gasteiger partial charge on any atom is -0.353 e. The van der Waals surface area contributed by atoms with Gasteiger partial charge in [0.1, 0.15) is 5.82 Å². The van der Waals surface area contributed by atoms with Gasteiger partial charge < -0.3 is 5.32 Å². The summed E-state index contributed by atoms with van der Waals surface area (Å²) in [6.07, 6.45) is 2.01. The number of nitrogens with one attached hydrogen (secondary N) is 1. The van der Waals surface area contributed by atoms with Crippen molar-refractivity contribution in [1.29, 1.82) is 0 Å². The Bertz CT molecular complexity index is 615. The fourth-order valence-electron chi connectivity index (χ4n) is 2.64. The Balaban J connectivity index is 1.77. The second-order valence-electron chi connectivity index (χ2n) is 5.59. The molecule has 0 amide bonds. The average molecular weight is 271 g/mol. The third kappa shape index (κ3) is 2.50. The SMILES string of the molecule is Cc1cc(C)nc(NCC2(c3ccccc3F)CC2)n1. The maximum absolute atomic E-state index is 13.9. The topological polar surface area (TPSA) is 37.8 Å². The molecule has 0 unspecified atom stereocenters. The van der Waals surface area contributed by atoms with Crippen molar-refractivity contribution in [1.82, 2.24) is 9.97 Å². The quantitative estimate of drug-likeness (QED) is 0.926. The lowest BCUT2D eigenvalue weighted by atomic mass is 9.95. The molecule has 0 bridgehead atoms. The van der Waals surface area contributed by atoms with Crippen LogP contribution in [0.15, 0.2) is 30.3 Å². The van der Waals surface area contributed by atoms with Gasteiger partial charge in [-0.25, -0.2) is 14.4 Å². The Hall–Kier alpha value is -1.97. The standard InChI is InChI=1S/C16H18FN3/c1-11-9-12(2)20-15(19-11)18-10-16(7-8-16)13-5-3-4-6-14(13)17/h3-6,9H,7-8,10H2,1-2H3,(H,18,19,20). The summed E-state index contributed by atoms with van der Waals surface area (Å²) < 4.78 is 13.9. The van der Waals surface area contributed by atoms with Gasteiger partial charge in [0.2, 0.25) is 5.95 Å². The van der Waals surface area contributed by atoms with Crippen molar-refractivity contribution >= 4 is 5.95 Å². The number of rotatable bonds is 4. The van der Waals surface area contributed by atoms with Crippen molar-refractivity contribution in [2.75, 3.05) is 11.9 Å². The molecule has 0 aliphatic heterocycles. The second kappa shape index (κ2) is 4.85. The van der Waals surface area contributed by atoms with Crippen LogP contribution >= 0.6 is 0 Å². The minimum atomic E-state index is -0.117. The van der Waals surface area contributed by atoms with Crippen molar-refractivity contribution < 1.29 is 4.39 Å². The zero-order valence-electron chi connectivity index (χ0n) is 11.8. The van der Waals surface area contributed by atoms with Crippen molar-refractivity contribution in [3.8, 4) is 0 Å². The summed E-state index contributed by atoms with van der Waals surface area (Å²) in [6.45, 7) is 4.57. The number of hydrogen-bond acceptors (Lipinski definition) is 3. The van der Waals surface area contributed by atoms with Crippen LogP contribution < -0.4 is 5.32 Å². The highest BCUT2D eigenvalue weighted by atomic mass is 19.1. The summed E-state index contributed by atoms with van der Waals surface area (Å²) in [5, 5.41) is 3.27. The van der Waals surface area contributed by atoms with E-state index >= 15 is 0 Å². The maximum atomic E-state index is 13.9. The third-order valence-electron chi connectivity index (χ3n) is 3.87. The summed E-state index contributed by atoms with van der Waals surface area (Å²) in [7, 11) is 0. The van der Waals surface area contributed by atoms with Crippen molar-refractivity contribution in [3.63, 3.8) is 0 Å². The molecule has 3 rings (SSSR count). The van der Waals surface area contributed by atoms with Crippen LogP contribution in [0.25, 0.3) is 0 Å². The van der Waals surface area contributed by atoms with Crippen LogP contribution in [0.4, 0.5) is 10.3 Å². The molecular weight excluding hydrogens is 253 g/mol. The largest absolute Gasteiger partial charge is 0.353 e. The van der Waals surface area contributed by atoms with E-state index in [9.17, 15) is 4.39 Å². The third-order valence-corrected chi connectivity index (χ3v) is 3.87. The number of hydrogen-bond donors (Lipinski definition) is 1. The zero-order valence-corrected chi connectivity index (χ0v) is 11.8. The molecule has 4 heteroatoms. The number of benzene rings is 1. The highest BCUT2D eigenvalue weighted by Crippen LogP contribution is 2.48. The number of aromatic nitrogens is 2. The smallest absolute Gasteiger partial charge is 0.223 e. The number of anilines is 1. The lowest BCUT2D eigenvalue weighted by Crippen LogP contribution is -2.22. The van der Waals surface area contributed by atoms with E-state index in [1.54, 1.807) is 6.07 Å². The fourth-order valence-corrected chi connectivity index (χ4v) is 2.64. The van der Waals surface area contributed by atoms with E-state index in [1.807, 2.05) is 32.0 Å². The van der Waals surface area contributed by atoms with Gasteiger partial charge in [-0.15, -0.1) is 0 Å². The average Bonchev–Trinajstić information content (AvgIpc) is 3.17. The predicted molar refractivity (Wildman–Crippen MR) is 77.3 cm³/mol. The Morgan fingerprint density at radius 1 is 1.15 bits per heavy atom. The van der Waals surface area contributed by atoms with Gasteiger partial charge in [-0.3, -0.25) is 0 Å². The van der Waals surface area contributed by atoms with Crippen LogP contribution in [0.1, 0.15) is 29.8 Å². The predicted octanol–water partition coefficient (Wildman–Crippen LogP) is 3.38. The Labute approximate surface area is 118 Å². The van der Waals surface area contributed by atoms with Crippen LogP contribution in [0.3, 0.4) is 0 Å². The summed E-state index contributed by atoms with van der Waals surface area (Å²) in [5.41, 5.74) is 2.59. The van der Waals surface area contributed by atoms with Gasteiger partial charge in [-0.1, -0.05) is 18.2 Å². The Kier molecular flexibility index (Phi) is 3.16. The molecule has 104 valence electrons. The molecule has 0 atom stereocenters. The summed E-state index contributed by atoms with van der Waals surface area (Å²) >= 11 is 0. The number of halogens is 1. The molecule has 1 aliphatic rings. The number of aryl methyl sites for hydroxylation is 2. The lowest BCUT2D eigenvalue weighted by molar-refractivity contribution is 0.578. The summed E-state index contributed by atoms with van der Waals surface area (Å²) in [5.74, 6) is 0.512. The molecule has 1 heterocycles. The molecule has 2 aromatic rings. The molecule has 3 nitrogen and oxygen atoms in total. The van der Waals surface area contributed by atoms with E-state index < -0.39 is 0 Å². The van der Waals surface area contributed by atoms with Crippen LogP contribution in [0.5, 0.6) is 0 Å².